The zero-order valence-corrected chi connectivity index (χ0v) is 15.2. The molecule has 2 rings (SSSR count). The number of nitrogens with one attached hydrogen (secondary N) is 2. The van der Waals surface area contributed by atoms with Crippen LogP contribution in [0.1, 0.15) is 0 Å². The van der Waals surface area contributed by atoms with Crippen LogP contribution in [0, 0.1) is 5.82 Å². The standard InChI is InChI=1S/C16H17ClFN3O3S/c1-21(2)25(23,24)13-5-3-4-12(9-13)19-10-16(22)20-15-7-6-11(18)8-14(15)17/h3-9,19H,10H2,1-2H3,(H,20,22). The van der Waals surface area contributed by atoms with E-state index in [4.69, 9.17) is 11.6 Å². The molecule has 0 atom stereocenters. The maximum absolute atomic E-state index is 13.0. The van der Waals surface area contributed by atoms with E-state index in [1.54, 1.807) is 12.1 Å². The normalized spacial score (nSPS) is 11.4. The molecule has 0 unspecified atom stereocenters. The maximum atomic E-state index is 13.0. The molecular formula is C16H17ClFN3O3S. The van der Waals surface area contributed by atoms with Crippen molar-refractivity contribution in [3.8, 4) is 0 Å². The molecule has 0 aliphatic rings. The van der Waals surface area contributed by atoms with Crippen molar-refractivity contribution in [1.82, 2.24) is 4.31 Å². The molecule has 25 heavy (non-hydrogen) atoms. The van der Waals surface area contributed by atoms with Crippen molar-refractivity contribution in [2.24, 2.45) is 0 Å². The van der Waals surface area contributed by atoms with Crippen LogP contribution in [-0.2, 0) is 14.8 Å². The summed E-state index contributed by atoms with van der Waals surface area (Å²) in [4.78, 5) is 12.1. The van der Waals surface area contributed by atoms with Gasteiger partial charge in [0.15, 0.2) is 0 Å². The Morgan fingerprint density at radius 1 is 1.20 bits per heavy atom. The molecule has 9 heteroatoms. The van der Waals surface area contributed by atoms with E-state index >= 15 is 0 Å². The van der Waals surface area contributed by atoms with Crippen LogP contribution in [0.4, 0.5) is 15.8 Å². The highest BCUT2D eigenvalue weighted by Gasteiger charge is 2.17. The van der Waals surface area contributed by atoms with Crippen molar-refractivity contribution in [3.63, 3.8) is 0 Å². The molecule has 6 nitrogen and oxygen atoms in total. The van der Waals surface area contributed by atoms with Crippen LogP contribution in [0.3, 0.4) is 0 Å². The number of nitrogens with zero attached hydrogens (tertiary/aromatic N) is 1. The molecule has 0 heterocycles. The number of hydrogen-bond donors (Lipinski definition) is 2. The van der Waals surface area contributed by atoms with E-state index in [9.17, 15) is 17.6 Å². The van der Waals surface area contributed by atoms with E-state index in [0.717, 1.165) is 10.4 Å². The smallest absolute Gasteiger partial charge is 0.243 e. The second-order valence-corrected chi connectivity index (χ2v) is 7.90. The van der Waals surface area contributed by atoms with Crippen molar-refractivity contribution < 1.29 is 17.6 Å². The van der Waals surface area contributed by atoms with Crippen LogP contribution in [0.25, 0.3) is 0 Å². The third-order valence-corrected chi connectivity index (χ3v) is 5.39. The first-order valence-corrected chi connectivity index (χ1v) is 9.03. The van der Waals surface area contributed by atoms with Gasteiger partial charge in [-0.2, -0.15) is 0 Å². The average Bonchev–Trinajstić information content (AvgIpc) is 2.55. The van der Waals surface area contributed by atoms with E-state index in [1.807, 2.05) is 0 Å². The number of anilines is 2. The lowest BCUT2D eigenvalue weighted by Gasteiger charge is -2.13. The molecule has 2 N–H and O–H groups in total. The lowest BCUT2D eigenvalue weighted by Crippen LogP contribution is -2.23. The van der Waals surface area contributed by atoms with Gasteiger partial charge in [-0.05, 0) is 36.4 Å². The summed E-state index contributed by atoms with van der Waals surface area (Å²) in [5.41, 5.74) is 0.766. The Kier molecular flexibility index (Phi) is 5.99. The molecule has 2 aromatic rings. The second-order valence-electron chi connectivity index (χ2n) is 5.34. The molecule has 1 amide bonds. The van der Waals surface area contributed by atoms with Crippen LogP contribution in [-0.4, -0.2) is 39.3 Å². The second kappa shape index (κ2) is 7.81. The number of carbonyl (C=O) groups is 1. The Morgan fingerprint density at radius 3 is 2.56 bits per heavy atom. The molecule has 0 aliphatic carbocycles. The number of hydrogen-bond acceptors (Lipinski definition) is 4. The predicted octanol–water partition coefficient (Wildman–Crippen LogP) is 2.78. The lowest BCUT2D eigenvalue weighted by atomic mass is 10.3. The minimum Gasteiger partial charge on any atom is -0.376 e. The largest absolute Gasteiger partial charge is 0.376 e. The first-order valence-electron chi connectivity index (χ1n) is 7.21. The lowest BCUT2D eigenvalue weighted by molar-refractivity contribution is -0.114. The Balaban J connectivity index is 2.03. The van der Waals surface area contributed by atoms with Crippen molar-refractivity contribution in [3.05, 3.63) is 53.3 Å². The van der Waals surface area contributed by atoms with Gasteiger partial charge in [-0.25, -0.2) is 17.1 Å². The van der Waals surface area contributed by atoms with Gasteiger partial charge in [-0.1, -0.05) is 17.7 Å². The van der Waals surface area contributed by atoms with Gasteiger partial charge in [-0.3, -0.25) is 4.79 Å². The maximum Gasteiger partial charge on any atom is 0.243 e. The zero-order chi connectivity index (χ0) is 18.6. The van der Waals surface area contributed by atoms with Gasteiger partial charge >= 0.3 is 0 Å². The molecule has 0 fully saturated rings. The monoisotopic (exact) mass is 385 g/mol. The van der Waals surface area contributed by atoms with Gasteiger partial charge < -0.3 is 10.6 Å². The summed E-state index contributed by atoms with van der Waals surface area (Å²) in [6.45, 7) is -0.112. The number of carbonyl (C=O) groups excluding carboxylic acids is 1. The fourth-order valence-electron chi connectivity index (χ4n) is 1.94. The zero-order valence-electron chi connectivity index (χ0n) is 13.6. The minimum atomic E-state index is -3.56. The summed E-state index contributed by atoms with van der Waals surface area (Å²) in [6, 6.07) is 9.77. The van der Waals surface area contributed by atoms with Gasteiger partial charge in [-0.15, -0.1) is 0 Å². The van der Waals surface area contributed by atoms with Crippen LogP contribution in [0.5, 0.6) is 0 Å². The average molecular weight is 386 g/mol. The molecule has 134 valence electrons. The highest BCUT2D eigenvalue weighted by atomic mass is 35.5. The molecule has 0 saturated carbocycles. The van der Waals surface area contributed by atoms with E-state index < -0.39 is 21.7 Å². The topological polar surface area (TPSA) is 78.5 Å². The summed E-state index contributed by atoms with van der Waals surface area (Å²) in [5, 5.41) is 5.47. The van der Waals surface area contributed by atoms with Crippen molar-refractivity contribution in [2.75, 3.05) is 31.3 Å². The molecule has 0 spiro atoms. The van der Waals surface area contributed by atoms with Crippen molar-refractivity contribution >= 4 is 38.9 Å². The summed E-state index contributed by atoms with van der Waals surface area (Å²) in [7, 11) is -0.677. The highest BCUT2D eigenvalue weighted by molar-refractivity contribution is 7.89. The molecule has 0 aliphatic heterocycles. The van der Waals surface area contributed by atoms with E-state index in [2.05, 4.69) is 10.6 Å². The Morgan fingerprint density at radius 2 is 1.92 bits per heavy atom. The Hall–Kier alpha value is -2.16. The number of amides is 1. The molecule has 0 radical (unpaired) electrons. The van der Waals surface area contributed by atoms with Crippen molar-refractivity contribution in [1.29, 1.82) is 0 Å². The number of rotatable bonds is 6. The highest BCUT2D eigenvalue weighted by Crippen LogP contribution is 2.22. The predicted molar refractivity (Wildman–Crippen MR) is 95.8 cm³/mol. The summed E-state index contributed by atoms with van der Waals surface area (Å²) in [5.74, 6) is -0.908. The van der Waals surface area contributed by atoms with Crippen LogP contribution in [0.15, 0.2) is 47.4 Å². The Bertz CT molecular complexity index is 888. The van der Waals surface area contributed by atoms with Gasteiger partial charge in [0.2, 0.25) is 15.9 Å². The van der Waals surface area contributed by atoms with Crippen molar-refractivity contribution in [2.45, 2.75) is 4.90 Å². The first kappa shape index (κ1) is 19.2. The molecule has 0 bridgehead atoms. The van der Waals surface area contributed by atoms with E-state index in [1.165, 1.54) is 38.4 Å². The number of benzene rings is 2. The molecule has 2 aromatic carbocycles. The molecular weight excluding hydrogens is 369 g/mol. The van der Waals surface area contributed by atoms with Crippen LogP contribution in [0.2, 0.25) is 5.02 Å². The quantitative estimate of drug-likeness (QED) is 0.801. The van der Waals surface area contributed by atoms with Crippen LogP contribution < -0.4 is 10.6 Å². The fraction of sp³-hybridized carbons (Fsp3) is 0.188. The SMILES string of the molecule is CN(C)S(=O)(=O)c1cccc(NCC(=O)Nc2ccc(F)cc2Cl)c1. The first-order chi connectivity index (χ1) is 11.7. The summed E-state index contributed by atoms with van der Waals surface area (Å²) < 4.78 is 38.3. The fourth-order valence-corrected chi connectivity index (χ4v) is 3.11. The van der Waals surface area contributed by atoms with E-state index in [0.29, 0.717) is 11.4 Å². The molecule has 0 aromatic heterocycles. The number of sulfonamides is 1. The van der Waals surface area contributed by atoms with Gasteiger partial charge in [0, 0.05) is 19.8 Å². The minimum absolute atomic E-state index is 0.0902. The third-order valence-electron chi connectivity index (χ3n) is 3.27. The Labute approximate surface area is 150 Å². The van der Waals surface area contributed by atoms with Crippen LogP contribution >= 0.6 is 11.6 Å². The number of halogens is 2. The summed E-state index contributed by atoms with van der Waals surface area (Å²) >= 11 is 5.84. The van der Waals surface area contributed by atoms with Gasteiger partial charge in [0.25, 0.3) is 0 Å². The van der Waals surface area contributed by atoms with Gasteiger partial charge in [0.05, 0.1) is 22.2 Å². The molecule has 0 saturated heterocycles. The van der Waals surface area contributed by atoms with Gasteiger partial charge in [0.1, 0.15) is 5.82 Å². The third kappa shape index (κ3) is 4.91. The van der Waals surface area contributed by atoms with E-state index in [-0.39, 0.29) is 16.5 Å². The summed E-state index contributed by atoms with van der Waals surface area (Å²) in [6.07, 6.45) is 0.